The summed E-state index contributed by atoms with van der Waals surface area (Å²) in [5, 5.41) is 4.66. The second-order valence-corrected chi connectivity index (χ2v) is 4.69. The maximum absolute atomic E-state index is 5.65. The quantitative estimate of drug-likeness (QED) is 0.897. The summed E-state index contributed by atoms with van der Waals surface area (Å²) in [6.07, 6.45) is 2.90. The number of nitrogens with zero attached hydrogens (tertiary/aromatic N) is 1. The molecule has 2 aromatic rings. The van der Waals surface area contributed by atoms with Crippen molar-refractivity contribution in [3.8, 4) is 5.75 Å². The average molecular weight is 258 g/mol. The van der Waals surface area contributed by atoms with Crippen molar-refractivity contribution >= 4 is 10.9 Å². The Morgan fingerprint density at radius 3 is 3.21 bits per heavy atom. The van der Waals surface area contributed by atoms with Gasteiger partial charge in [-0.3, -0.25) is 4.98 Å². The molecule has 3 rings (SSSR count). The number of methoxy groups -OCH3 is 1. The Kier molecular flexibility index (Phi) is 3.62. The average Bonchev–Trinajstić information content (AvgIpc) is 2.75. The van der Waals surface area contributed by atoms with Gasteiger partial charge in [-0.2, -0.15) is 0 Å². The summed E-state index contributed by atoms with van der Waals surface area (Å²) in [6, 6.07) is 8.32. The first-order valence-electron chi connectivity index (χ1n) is 6.63. The molecule has 0 spiro atoms. The third-order valence-electron chi connectivity index (χ3n) is 3.50. The van der Waals surface area contributed by atoms with Crippen molar-refractivity contribution in [1.29, 1.82) is 0 Å². The highest BCUT2D eigenvalue weighted by molar-refractivity contribution is 5.87. The maximum atomic E-state index is 5.65. The van der Waals surface area contributed by atoms with Crippen molar-refractivity contribution in [1.82, 2.24) is 10.3 Å². The number of pyridine rings is 1. The first-order chi connectivity index (χ1) is 9.40. The summed E-state index contributed by atoms with van der Waals surface area (Å²) in [5.74, 6) is 0.814. The Bertz CT molecular complexity index is 563. The zero-order valence-electron chi connectivity index (χ0n) is 11.1. The fourth-order valence-corrected chi connectivity index (χ4v) is 2.55. The first-order valence-corrected chi connectivity index (χ1v) is 6.63. The molecule has 0 amide bonds. The molecule has 19 heavy (non-hydrogen) atoms. The van der Waals surface area contributed by atoms with Gasteiger partial charge in [0.1, 0.15) is 11.3 Å². The molecule has 1 saturated heterocycles. The normalized spacial score (nSPS) is 20.2. The van der Waals surface area contributed by atoms with Gasteiger partial charge in [-0.1, -0.05) is 12.1 Å². The standard InChI is InChI=1S/C15H18N2O2/c1-18-14-5-2-4-12-11(6-8-17-15(12)14)13-10-19-9-3-7-16-13/h2,4-6,8,13,16H,3,7,9-10H2,1H3. The van der Waals surface area contributed by atoms with Crippen LogP contribution in [-0.4, -0.2) is 31.9 Å². The lowest BCUT2D eigenvalue weighted by Gasteiger charge is -2.18. The molecular formula is C15H18N2O2. The number of benzene rings is 1. The van der Waals surface area contributed by atoms with Gasteiger partial charge in [-0.05, 0) is 30.7 Å². The third kappa shape index (κ3) is 2.41. The number of aromatic nitrogens is 1. The molecular weight excluding hydrogens is 240 g/mol. The predicted octanol–water partition coefficient (Wildman–Crippen LogP) is 2.29. The topological polar surface area (TPSA) is 43.4 Å². The van der Waals surface area contributed by atoms with Gasteiger partial charge in [0.25, 0.3) is 0 Å². The van der Waals surface area contributed by atoms with Crippen LogP contribution in [0.2, 0.25) is 0 Å². The van der Waals surface area contributed by atoms with Gasteiger partial charge >= 0.3 is 0 Å². The van der Waals surface area contributed by atoms with Gasteiger partial charge in [-0.15, -0.1) is 0 Å². The van der Waals surface area contributed by atoms with E-state index in [2.05, 4.69) is 22.4 Å². The SMILES string of the molecule is COc1cccc2c(C3COCCCN3)ccnc12. The van der Waals surface area contributed by atoms with E-state index in [4.69, 9.17) is 9.47 Å². The molecule has 1 aromatic carbocycles. The number of fused-ring (bicyclic) bond motifs is 1. The van der Waals surface area contributed by atoms with Crippen LogP contribution in [0, 0.1) is 0 Å². The molecule has 0 bridgehead atoms. The van der Waals surface area contributed by atoms with E-state index in [-0.39, 0.29) is 6.04 Å². The lowest BCUT2D eigenvalue weighted by atomic mass is 10.0. The molecule has 0 aliphatic carbocycles. The Morgan fingerprint density at radius 2 is 2.32 bits per heavy atom. The highest BCUT2D eigenvalue weighted by Crippen LogP contribution is 2.29. The van der Waals surface area contributed by atoms with Crippen LogP contribution in [0.25, 0.3) is 10.9 Å². The zero-order chi connectivity index (χ0) is 13.1. The van der Waals surface area contributed by atoms with Crippen LogP contribution in [-0.2, 0) is 4.74 Å². The molecule has 0 saturated carbocycles. The third-order valence-corrected chi connectivity index (χ3v) is 3.50. The molecule has 1 atom stereocenters. The van der Waals surface area contributed by atoms with E-state index in [0.29, 0.717) is 6.61 Å². The number of ether oxygens (including phenoxy) is 2. The van der Waals surface area contributed by atoms with Gasteiger partial charge in [0, 0.05) is 18.2 Å². The van der Waals surface area contributed by atoms with Gasteiger partial charge in [0.05, 0.1) is 19.8 Å². The van der Waals surface area contributed by atoms with Crippen LogP contribution in [0.4, 0.5) is 0 Å². The van der Waals surface area contributed by atoms with Crippen LogP contribution in [0.5, 0.6) is 5.75 Å². The minimum Gasteiger partial charge on any atom is -0.494 e. The number of hydrogen-bond donors (Lipinski definition) is 1. The Balaban J connectivity index is 2.07. The number of para-hydroxylation sites is 1. The summed E-state index contributed by atoms with van der Waals surface area (Å²) < 4.78 is 11.0. The van der Waals surface area contributed by atoms with E-state index < -0.39 is 0 Å². The molecule has 0 radical (unpaired) electrons. The fourth-order valence-electron chi connectivity index (χ4n) is 2.55. The van der Waals surface area contributed by atoms with Crippen LogP contribution in [0.1, 0.15) is 18.0 Å². The van der Waals surface area contributed by atoms with Crippen LogP contribution in [0.3, 0.4) is 0 Å². The van der Waals surface area contributed by atoms with E-state index in [1.54, 1.807) is 7.11 Å². The smallest absolute Gasteiger partial charge is 0.145 e. The van der Waals surface area contributed by atoms with Crippen molar-refractivity contribution in [3.63, 3.8) is 0 Å². The van der Waals surface area contributed by atoms with Gasteiger partial charge in [-0.25, -0.2) is 0 Å². The van der Waals surface area contributed by atoms with Gasteiger partial charge in [0.2, 0.25) is 0 Å². The van der Waals surface area contributed by atoms with Crippen LogP contribution in [0.15, 0.2) is 30.5 Å². The maximum Gasteiger partial charge on any atom is 0.145 e. The van der Waals surface area contributed by atoms with Crippen LogP contribution < -0.4 is 10.1 Å². The monoisotopic (exact) mass is 258 g/mol. The molecule has 1 aliphatic rings. The molecule has 1 aliphatic heterocycles. The molecule has 4 nitrogen and oxygen atoms in total. The second kappa shape index (κ2) is 5.55. The highest BCUT2D eigenvalue weighted by Gasteiger charge is 2.17. The van der Waals surface area contributed by atoms with E-state index >= 15 is 0 Å². The summed E-state index contributed by atoms with van der Waals surface area (Å²) in [7, 11) is 1.68. The zero-order valence-corrected chi connectivity index (χ0v) is 11.1. The van der Waals surface area contributed by atoms with Crippen molar-refractivity contribution in [2.75, 3.05) is 26.9 Å². The summed E-state index contributed by atoms with van der Waals surface area (Å²) >= 11 is 0. The van der Waals surface area contributed by atoms with E-state index in [0.717, 1.165) is 36.2 Å². The summed E-state index contributed by atoms with van der Waals surface area (Å²) in [4.78, 5) is 4.44. The highest BCUT2D eigenvalue weighted by atomic mass is 16.5. The molecule has 100 valence electrons. The van der Waals surface area contributed by atoms with E-state index in [9.17, 15) is 0 Å². The molecule has 1 aromatic heterocycles. The molecule has 4 heteroatoms. The second-order valence-electron chi connectivity index (χ2n) is 4.69. The molecule has 2 heterocycles. The lowest BCUT2D eigenvalue weighted by molar-refractivity contribution is 0.132. The Hall–Kier alpha value is -1.65. The molecule has 1 fully saturated rings. The van der Waals surface area contributed by atoms with Crippen LogP contribution >= 0.6 is 0 Å². The number of rotatable bonds is 2. The largest absolute Gasteiger partial charge is 0.494 e. The summed E-state index contributed by atoms with van der Waals surface area (Å²) in [5.41, 5.74) is 2.14. The lowest BCUT2D eigenvalue weighted by Crippen LogP contribution is -2.23. The van der Waals surface area contributed by atoms with Crippen molar-refractivity contribution in [2.24, 2.45) is 0 Å². The minimum absolute atomic E-state index is 0.222. The van der Waals surface area contributed by atoms with Gasteiger partial charge in [0.15, 0.2) is 0 Å². The van der Waals surface area contributed by atoms with Crippen molar-refractivity contribution < 1.29 is 9.47 Å². The predicted molar refractivity (Wildman–Crippen MR) is 74.5 cm³/mol. The van der Waals surface area contributed by atoms with Crippen molar-refractivity contribution in [3.05, 3.63) is 36.0 Å². The fraction of sp³-hybridized carbons (Fsp3) is 0.400. The number of nitrogens with one attached hydrogen (secondary N) is 1. The number of hydrogen-bond acceptors (Lipinski definition) is 4. The molecule has 1 unspecified atom stereocenters. The Labute approximate surface area is 112 Å². The Morgan fingerprint density at radius 1 is 1.37 bits per heavy atom. The van der Waals surface area contributed by atoms with Gasteiger partial charge < -0.3 is 14.8 Å². The summed E-state index contributed by atoms with van der Waals surface area (Å²) in [6.45, 7) is 2.52. The van der Waals surface area contributed by atoms with Crippen molar-refractivity contribution in [2.45, 2.75) is 12.5 Å². The molecule has 1 N–H and O–H groups in total. The van der Waals surface area contributed by atoms with E-state index in [1.165, 1.54) is 5.56 Å². The first kappa shape index (κ1) is 12.4. The minimum atomic E-state index is 0.222. The van der Waals surface area contributed by atoms with E-state index in [1.807, 2.05) is 18.3 Å².